The zero-order chi connectivity index (χ0) is 20.3. The summed E-state index contributed by atoms with van der Waals surface area (Å²) in [5, 5.41) is 20.2. The van der Waals surface area contributed by atoms with E-state index < -0.39 is 12.1 Å². The van der Waals surface area contributed by atoms with Crippen LogP contribution in [0.5, 0.6) is 0 Å². The van der Waals surface area contributed by atoms with E-state index in [-0.39, 0.29) is 17.2 Å². The molecular weight excluding hydrogens is 441 g/mol. The Kier molecular flexibility index (Phi) is 7.62. The molecule has 3 rings (SSSR count). The van der Waals surface area contributed by atoms with E-state index in [2.05, 4.69) is 4.98 Å². The van der Waals surface area contributed by atoms with Crippen LogP contribution in [0.3, 0.4) is 0 Å². The minimum Gasteiger partial charge on any atom is -0.477 e. The number of carboxylic acids is 1. The Morgan fingerprint density at radius 3 is 2.50 bits per heavy atom. The summed E-state index contributed by atoms with van der Waals surface area (Å²) in [6, 6.07) is 7.14. The summed E-state index contributed by atoms with van der Waals surface area (Å²) in [5.41, 5.74) is 1.01. The standard InChI is InChI=1S/C20H22Cl3NO3S/c21-15-10-16(25)14(6-4-11-8-18(22)24-19(23)9-11)13(15)3-1-2-12-5-7-17(28-12)20(26)27/h5,7-9,13-16,25H,1-4,6,10H2,(H,26,27)/t13-,14-,15+,16-/m1/s1. The van der Waals surface area contributed by atoms with Crippen molar-refractivity contribution in [3.8, 4) is 0 Å². The monoisotopic (exact) mass is 461 g/mol. The topological polar surface area (TPSA) is 70.4 Å². The number of aliphatic hydroxyl groups excluding tert-OH is 1. The molecule has 0 saturated heterocycles. The van der Waals surface area contributed by atoms with Crippen molar-refractivity contribution in [2.24, 2.45) is 11.8 Å². The molecule has 1 saturated carbocycles. The molecule has 0 bridgehead atoms. The second kappa shape index (κ2) is 9.77. The average Bonchev–Trinajstić information content (AvgIpc) is 3.18. The molecule has 2 aromatic rings. The molecule has 1 aliphatic carbocycles. The number of carboxylic acid groups (broad SMARTS) is 1. The normalized spacial score (nSPS) is 24.6. The van der Waals surface area contributed by atoms with Crippen LogP contribution in [0.25, 0.3) is 0 Å². The van der Waals surface area contributed by atoms with Crippen molar-refractivity contribution in [1.29, 1.82) is 0 Å². The Hall–Kier alpha value is -0.850. The molecule has 2 N–H and O–H groups in total. The molecule has 4 nitrogen and oxygen atoms in total. The van der Waals surface area contributed by atoms with Crippen LogP contribution >= 0.6 is 46.1 Å². The summed E-state index contributed by atoms with van der Waals surface area (Å²) in [5.74, 6) is -0.512. The average molecular weight is 463 g/mol. The highest BCUT2D eigenvalue weighted by atomic mass is 35.5. The summed E-state index contributed by atoms with van der Waals surface area (Å²) in [7, 11) is 0. The lowest BCUT2D eigenvalue weighted by atomic mass is 9.85. The van der Waals surface area contributed by atoms with Gasteiger partial charge < -0.3 is 10.2 Å². The third-order valence-electron chi connectivity index (χ3n) is 5.40. The van der Waals surface area contributed by atoms with Crippen molar-refractivity contribution < 1.29 is 15.0 Å². The van der Waals surface area contributed by atoms with E-state index in [1.54, 1.807) is 18.2 Å². The second-order valence-electron chi connectivity index (χ2n) is 7.27. The van der Waals surface area contributed by atoms with Gasteiger partial charge in [0.05, 0.1) is 6.10 Å². The molecule has 0 aliphatic heterocycles. The fourth-order valence-electron chi connectivity index (χ4n) is 4.07. The quantitative estimate of drug-likeness (QED) is 0.389. The zero-order valence-corrected chi connectivity index (χ0v) is 18.2. The van der Waals surface area contributed by atoms with E-state index in [0.717, 1.165) is 42.5 Å². The maximum atomic E-state index is 11.0. The van der Waals surface area contributed by atoms with Gasteiger partial charge in [-0.3, -0.25) is 0 Å². The minimum atomic E-state index is -0.882. The van der Waals surface area contributed by atoms with Crippen LogP contribution in [0.15, 0.2) is 24.3 Å². The molecule has 0 aromatic carbocycles. The number of hydrogen-bond donors (Lipinski definition) is 2. The number of pyridine rings is 1. The number of halogens is 3. The lowest BCUT2D eigenvalue weighted by Gasteiger charge is -2.23. The van der Waals surface area contributed by atoms with Crippen molar-refractivity contribution >= 4 is 52.1 Å². The van der Waals surface area contributed by atoms with Gasteiger partial charge in [0.15, 0.2) is 0 Å². The highest BCUT2D eigenvalue weighted by Crippen LogP contribution is 2.41. The van der Waals surface area contributed by atoms with Gasteiger partial charge in [-0.05, 0) is 80.2 Å². The van der Waals surface area contributed by atoms with Crippen molar-refractivity contribution in [2.45, 2.75) is 50.0 Å². The maximum Gasteiger partial charge on any atom is 0.345 e. The van der Waals surface area contributed by atoms with Crippen LogP contribution in [0.1, 0.15) is 45.8 Å². The zero-order valence-electron chi connectivity index (χ0n) is 15.2. The maximum absolute atomic E-state index is 11.0. The first-order chi connectivity index (χ1) is 13.3. The van der Waals surface area contributed by atoms with Crippen LogP contribution < -0.4 is 0 Å². The van der Waals surface area contributed by atoms with Crippen LogP contribution in [-0.2, 0) is 12.8 Å². The molecular formula is C20H22Cl3NO3S. The fourth-order valence-corrected chi connectivity index (χ4v) is 5.96. The number of thiophene rings is 1. The number of rotatable bonds is 8. The summed E-state index contributed by atoms with van der Waals surface area (Å²) in [4.78, 5) is 16.4. The van der Waals surface area contributed by atoms with Gasteiger partial charge in [0.1, 0.15) is 15.2 Å². The van der Waals surface area contributed by atoms with Gasteiger partial charge in [0, 0.05) is 10.3 Å². The van der Waals surface area contributed by atoms with Crippen molar-refractivity contribution in [3.05, 3.63) is 49.9 Å². The number of carbonyl (C=O) groups is 1. The molecule has 1 aliphatic rings. The first-order valence-electron chi connectivity index (χ1n) is 9.29. The molecule has 8 heteroatoms. The first-order valence-corrected chi connectivity index (χ1v) is 11.3. The van der Waals surface area contributed by atoms with Gasteiger partial charge in [0.2, 0.25) is 0 Å². The molecule has 0 radical (unpaired) electrons. The molecule has 0 amide bonds. The highest BCUT2D eigenvalue weighted by Gasteiger charge is 2.40. The number of hydrogen-bond acceptors (Lipinski definition) is 4. The Bertz CT molecular complexity index is 809. The van der Waals surface area contributed by atoms with Crippen LogP contribution in [0.2, 0.25) is 10.3 Å². The molecule has 1 fully saturated rings. The second-order valence-corrected chi connectivity index (χ2v) is 9.77. The molecule has 4 atom stereocenters. The van der Waals surface area contributed by atoms with E-state index in [0.29, 0.717) is 21.6 Å². The molecule has 152 valence electrons. The summed E-state index contributed by atoms with van der Waals surface area (Å²) in [6.45, 7) is 0. The number of aromatic carboxylic acids is 1. The van der Waals surface area contributed by atoms with E-state index >= 15 is 0 Å². The van der Waals surface area contributed by atoms with Gasteiger partial charge in [-0.1, -0.05) is 23.2 Å². The Morgan fingerprint density at radius 2 is 1.86 bits per heavy atom. The van der Waals surface area contributed by atoms with Crippen LogP contribution in [0.4, 0.5) is 0 Å². The predicted octanol–water partition coefficient (Wildman–Crippen LogP) is 5.71. The number of aromatic nitrogens is 1. The van der Waals surface area contributed by atoms with Gasteiger partial charge in [-0.15, -0.1) is 22.9 Å². The Balaban J connectivity index is 1.56. The summed E-state index contributed by atoms with van der Waals surface area (Å²) in [6.07, 6.45) is 4.44. The molecule has 28 heavy (non-hydrogen) atoms. The largest absolute Gasteiger partial charge is 0.477 e. The third kappa shape index (κ3) is 5.61. The van der Waals surface area contributed by atoms with Crippen LogP contribution in [0, 0.1) is 11.8 Å². The summed E-state index contributed by atoms with van der Waals surface area (Å²) >= 11 is 19.8. The Labute approximate surface area is 183 Å². The fraction of sp³-hybridized carbons (Fsp3) is 0.500. The summed E-state index contributed by atoms with van der Waals surface area (Å²) < 4.78 is 0. The lowest BCUT2D eigenvalue weighted by Crippen LogP contribution is -2.21. The molecule has 0 unspecified atom stereocenters. The number of alkyl halides is 1. The van der Waals surface area contributed by atoms with E-state index in [9.17, 15) is 9.90 Å². The van der Waals surface area contributed by atoms with Gasteiger partial charge >= 0.3 is 5.97 Å². The highest BCUT2D eigenvalue weighted by molar-refractivity contribution is 7.13. The van der Waals surface area contributed by atoms with Gasteiger partial charge in [0.25, 0.3) is 0 Å². The van der Waals surface area contributed by atoms with Crippen molar-refractivity contribution in [3.63, 3.8) is 0 Å². The van der Waals surface area contributed by atoms with Gasteiger partial charge in [-0.25, -0.2) is 9.78 Å². The SMILES string of the molecule is O=C(O)c1ccc(CCC[C@@H]2[C@@H](CCc3cc(Cl)nc(Cl)c3)[C@H](O)C[C@@H]2Cl)s1. The minimum absolute atomic E-state index is 0.0393. The lowest BCUT2D eigenvalue weighted by molar-refractivity contribution is 0.0702. The first kappa shape index (κ1) is 21.8. The van der Waals surface area contributed by atoms with E-state index in [1.807, 2.05) is 6.07 Å². The van der Waals surface area contributed by atoms with E-state index in [1.165, 1.54) is 11.3 Å². The van der Waals surface area contributed by atoms with Crippen molar-refractivity contribution in [2.75, 3.05) is 0 Å². The van der Waals surface area contributed by atoms with E-state index in [4.69, 9.17) is 39.9 Å². The van der Waals surface area contributed by atoms with Crippen LogP contribution in [-0.4, -0.2) is 32.6 Å². The number of aryl methyl sites for hydroxylation is 2. The number of aliphatic hydroxyl groups is 1. The smallest absolute Gasteiger partial charge is 0.345 e. The predicted molar refractivity (Wildman–Crippen MR) is 114 cm³/mol. The third-order valence-corrected chi connectivity index (χ3v) is 7.42. The molecule has 0 spiro atoms. The van der Waals surface area contributed by atoms with Gasteiger partial charge in [-0.2, -0.15) is 0 Å². The Morgan fingerprint density at radius 1 is 1.14 bits per heavy atom. The molecule has 2 heterocycles. The van der Waals surface area contributed by atoms with Crippen molar-refractivity contribution in [1.82, 2.24) is 4.98 Å². The number of nitrogens with zero attached hydrogens (tertiary/aromatic N) is 1. The molecule has 2 aromatic heterocycles.